The summed E-state index contributed by atoms with van der Waals surface area (Å²) in [4.78, 5) is 4.69. The standard InChI is InChI=1S/C43H32N2S/c1-4-13-34(14-5-1)44(35-15-6-2-7-16-35)37-27-23-32(24-28-37)31-33-25-29-38(30-26-33)45(36-17-8-3-9-18-36)40-20-12-22-42-43(40)39-19-10-11-21-41(39)46-42/h1-30H,31H2. The maximum atomic E-state index is 2.39. The maximum absolute atomic E-state index is 2.39. The summed E-state index contributed by atoms with van der Waals surface area (Å²) in [5.74, 6) is 0. The average molecular weight is 609 g/mol. The van der Waals surface area contributed by atoms with Gasteiger partial charge in [0, 0.05) is 48.6 Å². The number of rotatable bonds is 8. The van der Waals surface area contributed by atoms with Gasteiger partial charge in [-0.05, 0) is 96.4 Å². The minimum atomic E-state index is 0.868. The molecule has 0 amide bonds. The normalized spacial score (nSPS) is 11.1. The highest BCUT2D eigenvalue weighted by Crippen LogP contribution is 2.44. The molecular weight excluding hydrogens is 577 g/mol. The maximum Gasteiger partial charge on any atom is 0.0554 e. The number of anilines is 6. The van der Waals surface area contributed by atoms with Gasteiger partial charge in [0.2, 0.25) is 0 Å². The van der Waals surface area contributed by atoms with Crippen LogP contribution >= 0.6 is 11.3 Å². The third-order valence-corrected chi connectivity index (χ3v) is 9.60. The molecule has 46 heavy (non-hydrogen) atoms. The molecule has 0 spiro atoms. The van der Waals surface area contributed by atoms with Crippen LogP contribution in [0.2, 0.25) is 0 Å². The largest absolute Gasteiger partial charge is 0.311 e. The first-order valence-electron chi connectivity index (χ1n) is 15.7. The highest BCUT2D eigenvalue weighted by atomic mass is 32.1. The monoisotopic (exact) mass is 608 g/mol. The summed E-state index contributed by atoms with van der Waals surface area (Å²) < 4.78 is 2.62. The molecule has 7 aromatic carbocycles. The molecule has 0 unspecified atom stereocenters. The van der Waals surface area contributed by atoms with E-state index in [1.165, 1.54) is 37.0 Å². The number of nitrogens with zero attached hydrogens (tertiary/aromatic N) is 2. The molecule has 8 aromatic rings. The van der Waals surface area contributed by atoms with Crippen molar-refractivity contribution < 1.29 is 0 Å². The quantitative estimate of drug-likeness (QED) is 0.169. The molecule has 220 valence electrons. The van der Waals surface area contributed by atoms with Gasteiger partial charge in [0.25, 0.3) is 0 Å². The van der Waals surface area contributed by atoms with Crippen LogP contribution in [0.3, 0.4) is 0 Å². The van der Waals surface area contributed by atoms with Crippen molar-refractivity contribution in [2.75, 3.05) is 9.80 Å². The second kappa shape index (κ2) is 12.4. The topological polar surface area (TPSA) is 6.48 Å². The van der Waals surface area contributed by atoms with Crippen molar-refractivity contribution in [3.05, 3.63) is 193 Å². The van der Waals surface area contributed by atoms with Gasteiger partial charge in [-0.15, -0.1) is 11.3 Å². The molecule has 0 radical (unpaired) electrons. The smallest absolute Gasteiger partial charge is 0.0554 e. The van der Waals surface area contributed by atoms with E-state index in [1.54, 1.807) is 0 Å². The van der Waals surface area contributed by atoms with Gasteiger partial charge in [-0.2, -0.15) is 0 Å². The van der Waals surface area contributed by atoms with Crippen LogP contribution in [0.15, 0.2) is 182 Å². The van der Waals surface area contributed by atoms with Crippen LogP contribution in [0.4, 0.5) is 34.1 Å². The molecule has 2 nitrogen and oxygen atoms in total. The lowest BCUT2D eigenvalue weighted by Gasteiger charge is -2.26. The fourth-order valence-electron chi connectivity index (χ4n) is 6.31. The van der Waals surface area contributed by atoms with Crippen LogP contribution < -0.4 is 9.80 Å². The zero-order valence-electron chi connectivity index (χ0n) is 25.3. The predicted octanol–water partition coefficient (Wildman–Crippen LogP) is 12.6. The Morgan fingerprint density at radius 3 is 1.35 bits per heavy atom. The third-order valence-electron chi connectivity index (χ3n) is 8.46. The highest BCUT2D eigenvalue weighted by Gasteiger charge is 2.18. The van der Waals surface area contributed by atoms with Gasteiger partial charge in [0.15, 0.2) is 0 Å². The summed E-state index contributed by atoms with van der Waals surface area (Å²) in [7, 11) is 0. The van der Waals surface area contributed by atoms with Crippen molar-refractivity contribution >= 4 is 65.6 Å². The van der Waals surface area contributed by atoms with E-state index in [1.807, 2.05) is 11.3 Å². The summed E-state index contributed by atoms with van der Waals surface area (Å²) in [6.07, 6.45) is 0.868. The number of fused-ring (bicyclic) bond motifs is 3. The zero-order valence-corrected chi connectivity index (χ0v) is 26.1. The SMILES string of the molecule is c1ccc(N(c2ccccc2)c2ccc(Cc3ccc(N(c4ccccc4)c4cccc5sc6ccccc6c45)cc3)cc2)cc1. The first kappa shape index (κ1) is 27.9. The molecule has 0 atom stereocenters. The van der Waals surface area contributed by atoms with E-state index in [-0.39, 0.29) is 0 Å². The second-order valence-corrected chi connectivity index (χ2v) is 12.5. The first-order valence-corrected chi connectivity index (χ1v) is 16.5. The van der Waals surface area contributed by atoms with Crippen molar-refractivity contribution in [2.45, 2.75) is 6.42 Å². The first-order chi connectivity index (χ1) is 22.8. The Hall–Kier alpha value is -5.64. The number of para-hydroxylation sites is 3. The molecule has 0 aliphatic rings. The molecule has 0 N–H and O–H groups in total. The molecule has 0 fully saturated rings. The second-order valence-electron chi connectivity index (χ2n) is 11.4. The molecule has 1 heterocycles. The number of hydrogen-bond acceptors (Lipinski definition) is 3. The Kier molecular flexibility index (Phi) is 7.51. The number of hydrogen-bond donors (Lipinski definition) is 0. The molecular formula is C43H32N2S. The lowest BCUT2D eigenvalue weighted by atomic mass is 10.0. The van der Waals surface area contributed by atoms with Gasteiger partial charge < -0.3 is 9.80 Å². The van der Waals surface area contributed by atoms with Gasteiger partial charge in [-0.1, -0.05) is 103 Å². The van der Waals surface area contributed by atoms with Crippen LogP contribution in [0.25, 0.3) is 20.2 Å². The van der Waals surface area contributed by atoms with Crippen molar-refractivity contribution in [1.82, 2.24) is 0 Å². The van der Waals surface area contributed by atoms with Crippen molar-refractivity contribution in [2.24, 2.45) is 0 Å². The van der Waals surface area contributed by atoms with E-state index < -0.39 is 0 Å². The summed E-state index contributed by atoms with van der Waals surface area (Å²) in [5, 5.41) is 2.60. The molecule has 1 aromatic heterocycles. The average Bonchev–Trinajstić information content (AvgIpc) is 3.51. The predicted molar refractivity (Wildman–Crippen MR) is 198 cm³/mol. The van der Waals surface area contributed by atoms with E-state index in [4.69, 9.17) is 0 Å². The fourth-order valence-corrected chi connectivity index (χ4v) is 7.44. The molecule has 0 saturated heterocycles. The van der Waals surface area contributed by atoms with Gasteiger partial charge in [0.05, 0.1) is 5.69 Å². The molecule has 0 bridgehead atoms. The van der Waals surface area contributed by atoms with Crippen LogP contribution in [0.1, 0.15) is 11.1 Å². The minimum Gasteiger partial charge on any atom is -0.311 e. The van der Waals surface area contributed by atoms with E-state index in [0.29, 0.717) is 0 Å². The van der Waals surface area contributed by atoms with Crippen molar-refractivity contribution in [1.29, 1.82) is 0 Å². The Bertz CT molecular complexity index is 2170. The van der Waals surface area contributed by atoms with Gasteiger partial charge in [0.1, 0.15) is 0 Å². The summed E-state index contributed by atoms with van der Waals surface area (Å²) in [6, 6.07) is 65.2. The lowest BCUT2D eigenvalue weighted by Crippen LogP contribution is -2.10. The molecule has 0 aliphatic heterocycles. The Balaban J connectivity index is 1.10. The molecule has 3 heteroatoms. The van der Waals surface area contributed by atoms with Crippen molar-refractivity contribution in [3.63, 3.8) is 0 Å². The highest BCUT2D eigenvalue weighted by molar-refractivity contribution is 7.26. The van der Waals surface area contributed by atoms with Crippen LogP contribution in [0, 0.1) is 0 Å². The van der Waals surface area contributed by atoms with E-state index in [2.05, 4.69) is 192 Å². The lowest BCUT2D eigenvalue weighted by molar-refractivity contribution is 1.18. The summed E-state index contributed by atoms with van der Waals surface area (Å²) in [6.45, 7) is 0. The van der Waals surface area contributed by atoms with Gasteiger partial charge in [-0.3, -0.25) is 0 Å². The fraction of sp³-hybridized carbons (Fsp3) is 0.0233. The van der Waals surface area contributed by atoms with Crippen molar-refractivity contribution in [3.8, 4) is 0 Å². The number of benzene rings is 7. The van der Waals surface area contributed by atoms with Gasteiger partial charge in [-0.25, -0.2) is 0 Å². The summed E-state index contributed by atoms with van der Waals surface area (Å²) in [5.41, 5.74) is 9.50. The Labute approximate surface area is 274 Å². The number of thiophene rings is 1. The van der Waals surface area contributed by atoms with Gasteiger partial charge >= 0.3 is 0 Å². The van der Waals surface area contributed by atoms with E-state index in [0.717, 1.165) is 34.9 Å². The Morgan fingerprint density at radius 2 is 0.783 bits per heavy atom. The molecule has 0 saturated carbocycles. The van der Waals surface area contributed by atoms with Crippen LogP contribution in [-0.4, -0.2) is 0 Å². The Morgan fingerprint density at radius 1 is 0.348 bits per heavy atom. The third kappa shape index (κ3) is 5.42. The summed E-state index contributed by atoms with van der Waals surface area (Å²) >= 11 is 1.86. The minimum absolute atomic E-state index is 0.868. The van der Waals surface area contributed by atoms with Crippen LogP contribution in [0.5, 0.6) is 0 Å². The molecule has 0 aliphatic carbocycles. The molecule has 8 rings (SSSR count). The zero-order chi connectivity index (χ0) is 30.7. The van der Waals surface area contributed by atoms with Crippen LogP contribution in [-0.2, 0) is 6.42 Å². The van der Waals surface area contributed by atoms with E-state index >= 15 is 0 Å². The van der Waals surface area contributed by atoms with E-state index in [9.17, 15) is 0 Å².